The fourth-order valence-corrected chi connectivity index (χ4v) is 3.95. The molecule has 0 spiro atoms. The number of carbonyl (C=O) groups excluding carboxylic acids is 3. The van der Waals surface area contributed by atoms with E-state index >= 15 is 0 Å². The number of esters is 1. The number of nitrogens with one attached hydrogen (secondary N) is 2. The summed E-state index contributed by atoms with van der Waals surface area (Å²) in [6, 6.07) is 16.2. The van der Waals surface area contributed by atoms with Crippen molar-refractivity contribution in [2.24, 2.45) is 0 Å². The van der Waals surface area contributed by atoms with Crippen molar-refractivity contribution in [3.63, 3.8) is 0 Å². The molecule has 3 amide bonds. The van der Waals surface area contributed by atoms with Crippen LogP contribution in [0.1, 0.15) is 26.4 Å². The van der Waals surface area contributed by atoms with Gasteiger partial charge in [0.05, 0.1) is 12.1 Å². The minimum absolute atomic E-state index is 0.222. The van der Waals surface area contributed by atoms with Gasteiger partial charge in [0.1, 0.15) is 17.9 Å². The van der Waals surface area contributed by atoms with E-state index in [0.717, 1.165) is 21.4 Å². The number of urea groups is 1. The first-order chi connectivity index (χ1) is 17.4. The van der Waals surface area contributed by atoms with E-state index in [4.69, 9.17) is 13.9 Å². The fourth-order valence-electron chi connectivity index (χ4n) is 3.30. The van der Waals surface area contributed by atoms with Crippen molar-refractivity contribution < 1.29 is 28.3 Å². The Bertz CT molecular complexity index is 1440. The Hall–Kier alpha value is -4.44. The van der Waals surface area contributed by atoms with Gasteiger partial charge in [0.2, 0.25) is 0 Å². The van der Waals surface area contributed by atoms with Gasteiger partial charge in [-0.05, 0) is 53.8 Å². The molecular weight excluding hydrogens is 484 g/mol. The number of thiophene rings is 1. The molecule has 0 atom stereocenters. The molecule has 2 aromatic carbocycles. The summed E-state index contributed by atoms with van der Waals surface area (Å²) >= 11 is 1.48. The number of aryl methyl sites for hydroxylation is 1. The lowest BCUT2D eigenvalue weighted by molar-refractivity contribution is -0.123. The van der Waals surface area contributed by atoms with Gasteiger partial charge in [0.25, 0.3) is 5.91 Å². The van der Waals surface area contributed by atoms with Gasteiger partial charge in [0.15, 0.2) is 6.61 Å². The third-order valence-electron chi connectivity index (χ3n) is 5.11. The van der Waals surface area contributed by atoms with Crippen molar-refractivity contribution in [2.75, 3.05) is 6.61 Å². The van der Waals surface area contributed by atoms with Crippen molar-refractivity contribution in [2.45, 2.75) is 20.1 Å². The fraction of sp³-hybridized carbons (Fsp3) is 0.154. The highest BCUT2D eigenvalue weighted by Gasteiger charge is 2.13. The molecule has 9 nitrogen and oxygen atoms in total. The first-order valence-corrected chi connectivity index (χ1v) is 11.8. The number of amides is 3. The molecule has 0 aliphatic heterocycles. The van der Waals surface area contributed by atoms with E-state index in [9.17, 15) is 19.2 Å². The molecule has 0 bridgehead atoms. The first kappa shape index (κ1) is 24.7. The molecule has 10 heteroatoms. The van der Waals surface area contributed by atoms with E-state index < -0.39 is 30.1 Å². The molecule has 184 valence electrons. The van der Waals surface area contributed by atoms with Crippen LogP contribution in [-0.4, -0.2) is 24.5 Å². The summed E-state index contributed by atoms with van der Waals surface area (Å²) in [6.07, 6.45) is 0. The van der Waals surface area contributed by atoms with Crippen LogP contribution in [0.15, 0.2) is 75.3 Å². The maximum absolute atomic E-state index is 12.2. The second-order valence-corrected chi connectivity index (χ2v) is 8.81. The minimum Gasteiger partial charge on any atom is -0.489 e. The van der Waals surface area contributed by atoms with E-state index in [0.29, 0.717) is 17.9 Å². The van der Waals surface area contributed by atoms with E-state index in [1.807, 2.05) is 30.5 Å². The molecule has 0 saturated carbocycles. The number of hydrogen-bond acceptors (Lipinski definition) is 8. The Kier molecular flexibility index (Phi) is 7.76. The number of carbonyl (C=O) groups is 3. The Balaban J connectivity index is 1.23. The van der Waals surface area contributed by atoms with E-state index in [1.54, 1.807) is 36.4 Å². The highest BCUT2D eigenvalue weighted by atomic mass is 32.1. The predicted molar refractivity (Wildman–Crippen MR) is 133 cm³/mol. The highest BCUT2D eigenvalue weighted by Crippen LogP contribution is 2.23. The lowest BCUT2D eigenvalue weighted by Crippen LogP contribution is -2.41. The number of hydrogen-bond donors (Lipinski definition) is 2. The van der Waals surface area contributed by atoms with Gasteiger partial charge in [-0.3, -0.25) is 10.1 Å². The molecule has 0 fully saturated rings. The Labute approximate surface area is 209 Å². The summed E-state index contributed by atoms with van der Waals surface area (Å²) in [5, 5.41) is 7.36. The van der Waals surface area contributed by atoms with Gasteiger partial charge in [-0.2, -0.15) is 0 Å². The summed E-state index contributed by atoms with van der Waals surface area (Å²) in [5.74, 6) is -0.903. The van der Waals surface area contributed by atoms with Crippen molar-refractivity contribution >= 4 is 40.2 Å². The van der Waals surface area contributed by atoms with Crippen LogP contribution in [0.2, 0.25) is 0 Å². The van der Waals surface area contributed by atoms with Crippen molar-refractivity contribution in [3.8, 4) is 5.75 Å². The van der Waals surface area contributed by atoms with Crippen molar-refractivity contribution in [3.05, 3.63) is 98.0 Å². The Morgan fingerprint density at radius 2 is 1.83 bits per heavy atom. The van der Waals surface area contributed by atoms with Crippen LogP contribution >= 0.6 is 11.3 Å². The van der Waals surface area contributed by atoms with Gasteiger partial charge in [-0.25, -0.2) is 14.4 Å². The SMILES string of the molecule is Cc1cc(=O)oc2cc(OCc3ccc(C(=O)OCC(=O)NC(=O)NCc4cccs4)cc3)ccc12. The monoisotopic (exact) mass is 506 g/mol. The predicted octanol–water partition coefficient (Wildman–Crippen LogP) is 3.92. The van der Waals surface area contributed by atoms with Gasteiger partial charge >= 0.3 is 17.6 Å². The van der Waals surface area contributed by atoms with E-state index in [-0.39, 0.29) is 12.2 Å². The van der Waals surface area contributed by atoms with Gasteiger partial charge in [0, 0.05) is 22.4 Å². The van der Waals surface area contributed by atoms with Crippen LogP contribution in [-0.2, 0) is 22.7 Å². The number of benzene rings is 2. The summed E-state index contributed by atoms with van der Waals surface area (Å²) in [7, 11) is 0. The summed E-state index contributed by atoms with van der Waals surface area (Å²) in [6.45, 7) is 1.76. The zero-order chi connectivity index (χ0) is 25.5. The molecule has 0 aliphatic rings. The lowest BCUT2D eigenvalue weighted by atomic mass is 10.1. The molecule has 4 rings (SSSR count). The zero-order valence-corrected chi connectivity index (χ0v) is 20.1. The van der Waals surface area contributed by atoms with Crippen molar-refractivity contribution in [1.82, 2.24) is 10.6 Å². The smallest absolute Gasteiger partial charge is 0.338 e. The molecule has 4 aromatic rings. The largest absolute Gasteiger partial charge is 0.489 e. The molecule has 2 heterocycles. The van der Waals surface area contributed by atoms with Crippen LogP contribution in [0, 0.1) is 6.92 Å². The number of imide groups is 1. The second kappa shape index (κ2) is 11.3. The molecule has 0 aliphatic carbocycles. The zero-order valence-electron chi connectivity index (χ0n) is 19.2. The standard InChI is InChI=1S/C26H22N2O7S/c1-16-11-24(30)35-22-12-19(8-9-21(16)22)33-14-17-4-6-18(7-5-17)25(31)34-15-23(29)28-26(32)27-13-20-3-2-10-36-20/h2-12H,13-15H2,1H3,(H2,27,28,29,32). The maximum atomic E-state index is 12.2. The highest BCUT2D eigenvalue weighted by molar-refractivity contribution is 7.09. The average molecular weight is 507 g/mol. The second-order valence-electron chi connectivity index (χ2n) is 7.78. The molecule has 2 N–H and O–H groups in total. The topological polar surface area (TPSA) is 124 Å². The average Bonchev–Trinajstić information content (AvgIpc) is 3.38. The van der Waals surface area contributed by atoms with Gasteiger partial charge in [-0.1, -0.05) is 18.2 Å². The third-order valence-corrected chi connectivity index (χ3v) is 5.98. The maximum Gasteiger partial charge on any atom is 0.338 e. The molecular formula is C26H22N2O7S. The molecule has 2 aromatic heterocycles. The van der Waals surface area contributed by atoms with Crippen LogP contribution in [0.5, 0.6) is 5.75 Å². The number of fused-ring (bicyclic) bond motifs is 1. The number of rotatable bonds is 8. The first-order valence-electron chi connectivity index (χ1n) is 10.9. The van der Waals surface area contributed by atoms with Gasteiger partial charge < -0.3 is 19.2 Å². The van der Waals surface area contributed by atoms with Crippen molar-refractivity contribution in [1.29, 1.82) is 0 Å². The summed E-state index contributed by atoms with van der Waals surface area (Å²) in [4.78, 5) is 48.4. The lowest BCUT2D eigenvalue weighted by Gasteiger charge is -2.09. The third kappa shape index (κ3) is 6.57. The number of ether oxygens (including phenoxy) is 2. The summed E-state index contributed by atoms with van der Waals surface area (Å²) < 4.78 is 16.0. The Morgan fingerprint density at radius 3 is 2.58 bits per heavy atom. The van der Waals surface area contributed by atoms with E-state index in [2.05, 4.69) is 10.6 Å². The van der Waals surface area contributed by atoms with Crippen LogP contribution in [0.3, 0.4) is 0 Å². The van der Waals surface area contributed by atoms with Gasteiger partial charge in [-0.15, -0.1) is 11.3 Å². The minimum atomic E-state index is -0.738. The normalized spacial score (nSPS) is 10.6. The Morgan fingerprint density at radius 1 is 1.03 bits per heavy atom. The quantitative estimate of drug-likeness (QED) is 0.274. The van der Waals surface area contributed by atoms with E-state index in [1.165, 1.54) is 17.4 Å². The summed E-state index contributed by atoms with van der Waals surface area (Å²) in [5.41, 5.74) is 1.88. The van der Waals surface area contributed by atoms with Crippen LogP contribution in [0.25, 0.3) is 11.0 Å². The molecule has 0 unspecified atom stereocenters. The van der Waals surface area contributed by atoms with Crippen LogP contribution in [0.4, 0.5) is 4.79 Å². The molecule has 36 heavy (non-hydrogen) atoms. The molecule has 0 saturated heterocycles. The molecule has 0 radical (unpaired) electrons. The van der Waals surface area contributed by atoms with Crippen LogP contribution < -0.4 is 21.0 Å².